The predicted octanol–water partition coefficient (Wildman–Crippen LogP) is 1.68. The number of carbonyl (C=O) groups excluding carboxylic acids is 1. The molecule has 3 rings (SSSR count). The molecule has 23 heavy (non-hydrogen) atoms. The molecule has 2 heterocycles. The fraction of sp³-hybridized carbons (Fsp3) is 0.250. The van der Waals surface area contributed by atoms with Gasteiger partial charge in [0.2, 0.25) is 0 Å². The Morgan fingerprint density at radius 2 is 2.30 bits per heavy atom. The zero-order chi connectivity index (χ0) is 16.6. The molecule has 3 N–H and O–H groups in total. The van der Waals surface area contributed by atoms with Crippen molar-refractivity contribution < 1.29 is 14.3 Å². The highest BCUT2D eigenvalue weighted by Gasteiger charge is 2.26. The normalized spacial score (nSPS) is 13.9. The fourth-order valence-corrected chi connectivity index (χ4v) is 2.39. The number of hydrogen-bond acceptors (Lipinski definition) is 3. The lowest BCUT2D eigenvalue weighted by Gasteiger charge is -2.22. The highest BCUT2D eigenvalue weighted by Crippen LogP contribution is 2.20. The first-order valence-electron chi connectivity index (χ1n) is 7.14. The van der Waals surface area contributed by atoms with E-state index in [1.807, 2.05) is 0 Å². The highest BCUT2D eigenvalue weighted by molar-refractivity contribution is 5.98. The maximum absolute atomic E-state index is 13.7. The van der Waals surface area contributed by atoms with Crippen molar-refractivity contribution in [3.05, 3.63) is 53.7 Å². The van der Waals surface area contributed by atoms with Gasteiger partial charge in [0.05, 0.1) is 12.7 Å². The second kappa shape index (κ2) is 5.51. The molecule has 7 heteroatoms. The Balaban J connectivity index is 1.74. The topological polar surface area (TPSA) is 82.9 Å². The molecule has 120 valence electrons. The molecule has 1 amide bonds. The van der Waals surface area contributed by atoms with Crippen molar-refractivity contribution in [2.75, 3.05) is 6.54 Å². The number of aromatic nitrogens is 3. The van der Waals surface area contributed by atoms with Crippen LogP contribution in [0.4, 0.5) is 4.39 Å². The lowest BCUT2D eigenvalue weighted by molar-refractivity contribution is 0.0524. The summed E-state index contributed by atoms with van der Waals surface area (Å²) < 4.78 is 15.2. The van der Waals surface area contributed by atoms with Gasteiger partial charge in [-0.15, -0.1) is 0 Å². The zero-order valence-electron chi connectivity index (χ0n) is 12.8. The number of H-pyrrole nitrogens is 1. The third-order valence-electron chi connectivity index (χ3n) is 3.78. The van der Waals surface area contributed by atoms with Crippen molar-refractivity contribution in [1.82, 2.24) is 20.1 Å². The van der Waals surface area contributed by atoms with Gasteiger partial charge >= 0.3 is 0 Å². The van der Waals surface area contributed by atoms with Crippen molar-refractivity contribution >= 4 is 16.8 Å². The van der Waals surface area contributed by atoms with Crippen molar-refractivity contribution in [3.63, 3.8) is 0 Å². The summed E-state index contributed by atoms with van der Waals surface area (Å²) >= 11 is 0. The van der Waals surface area contributed by atoms with E-state index in [0.29, 0.717) is 16.5 Å². The molecule has 0 saturated heterocycles. The molecular weight excluding hydrogens is 299 g/mol. The Morgan fingerprint density at radius 3 is 2.96 bits per heavy atom. The number of fused-ring (bicyclic) bond motifs is 1. The van der Waals surface area contributed by atoms with Gasteiger partial charge in [-0.1, -0.05) is 6.07 Å². The van der Waals surface area contributed by atoms with Gasteiger partial charge in [-0.3, -0.25) is 9.48 Å². The fourth-order valence-electron chi connectivity index (χ4n) is 2.39. The van der Waals surface area contributed by atoms with E-state index in [1.54, 1.807) is 43.2 Å². The Kier molecular flexibility index (Phi) is 3.65. The van der Waals surface area contributed by atoms with Crippen molar-refractivity contribution in [2.45, 2.75) is 12.5 Å². The van der Waals surface area contributed by atoms with E-state index in [9.17, 15) is 14.3 Å². The quantitative estimate of drug-likeness (QED) is 0.685. The molecule has 0 bridgehead atoms. The molecular formula is C16H17FN4O2. The van der Waals surface area contributed by atoms with Crippen LogP contribution < -0.4 is 5.32 Å². The number of aliphatic hydroxyl groups is 1. The molecule has 0 aliphatic rings. The third kappa shape index (κ3) is 2.95. The number of amides is 1. The number of benzene rings is 1. The van der Waals surface area contributed by atoms with Gasteiger partial charge in [-0.2, -0.15) is 5.10 Å². The van der Waals surface area contributed by atoms with Crippen molar-refractivity contribution in [1.29, 1.82) is 0 Å². The summed E-state index contributed by atoms with van der Waals surface area (Å²) in [5, 5.41) is 17.4. The van der Waals surface area contributed by atoms with E-state index in [-0.39, 0.29) is 18.1 Å². The number of carbonyl (C=O) groups is 1. The maximum Gasteiger partial charge on any atom is 0.267 e. The van der Waals surface area contributed by atoms with Crippen LogP contribution in [0.1, 0.15) is 23.0 Å². The van der Waals surface area contributed by atoms with Gasteiger partial charge in [0.15, 0.2) is 0 Å². The van der Waals surface area contributed by atoms with Crippen LogP contribution in [0.2, 0.25) is 0 Å². The van der Waals surface area contributed by atoms with Gasteiger partial charge in [0.25, 0.3) is 5.91 Å². The van der Waals surface area contributed by atoms with Crippen LogP contribution in [0.25, 0.3) is 10.9 Å². The number of hydrogen-bond donors (Lipinski definition) is 3. The highest BCUT2D eigenvalue weighted by atomic mass is 19.1. The summed E-state index contributed by atoms with van der Waals surface area (Å²) in [6, 6.07) is 6.06. The van der Waals surface area contributed by atoms with E-state index < -0.39 is 11.5 Å². The second-order valence-corrected chi connectivity index (χ2v) is 5.74. The molecule has 6 nitrogen and oxygen atoms in total. The van der Waals surface area contributed by atoms with Gasteiger partial charge in [0.1, 0.15) is 17.1 Å². The van der Waals surface area contributed by atoms with Crippen LogP contribution in [0.5, 0.6) is 0 Å². The molecule has 0 fully saturated rings. The monoisotopic (exact) mass is 316 g/mol. The third-order valence-corrected chi connectivity index (χ3v) is 3.78. The lowest BCUT2D eigenvalue weighted by atomic mass is 10.00. The second-order valence-electron chi connectivity index (χ2n) is 5.74. The summed E-state index contributed by atoms with van der Waals surface area (Å²) in [5.74, 6) is -0.801. The van der Waals surface area contributed by atoms with Crippen LogP contribution in [-0.4, -0.2) is 32.3 Å². The average Bonchev–Trinajstić information content (AvgIpc) is 3.12. The summed E-state index contributed by atoms with van der Waals surface area (Å²) in [7, 11) is 1.75. The number of nitrogens with zero attached hydrogens (tertiary/aromatic N) is 2. The molecule has 0 aliphatic heterocycles. The minimum atomic E-state index is -1.25. The van der Waals surface area contributed by atoms with Crippen LogP contribution in [-0.2, 0) is 12.6 Å². The lowest BCUT2D eigenvalue weighted by Crippen LogP contribution is -2.38. The Labute approximate surface area is 131 Å². The van der Waals surface area contributed by atoms with E-state index >= 15 is 0 Å². The number of rotatable bonds is 4. The summed E-state index contributed by atoms with van der Waals surface area (Å²) in [4.78, 5) is 15.1. The van der Waals surface area contributed by atoms with Gasteiger partial charge in [-0.05, 0) is 25.1 Å². The Bertz CT molecular complexity index is 866. The first-order chi connectivity index (χ1) is 10.9. The smallest absolute Gasteiger partial charge is 0.267 e. The van der Waals surface area contributed by atoms with Gasteiger partial charge in [0, 0.05) is 29.7 Å². The first-order valence-corrected chi connectivity index (χ1v) is 7.14. The largest absolute Gasteiger partial charge is 0.383 e. The van der Waals surface area contributed by atoms with Crippen LogP contribution >= 0.6 is 0 Å². The minimum absolute atomic E-state index is 0.00930. The van der Waals surface area contributed by atoms with E-state index in [1.165, 1.54) is 12.1 Å². The maximum atomic E-state index is 13.7. The molecule has 0 spiro atoms. The number of nitrogens with one attached hydrogen (secondary N) is 2. The van der Waals surface area contributed by atoms with Crippen molar-refractivity contribution in [2.24, 2.45) is 7.05 Å². The van der Waals surface area contributed by atoms with E-state index in [0.717, 1.165) is 0 Å². The van der Waals surface area contributed by atoms with Crippen LogP contribution in [0.3, 0.4) is 0 Å². The Morgan fingerprint density at radius 1 is 1.52 bits per heavy atom. The van der Waals surface area contributed by atoms with Gasteiger partial charge in [-0.25, -0.2) is 4.39 Å². The number of halogens is 1. The number of aryl methyl sites for hydroxylation is 1. The predicted molar refractivity (Wildman–Crippen MR) is 83.4 cm³/mol. The minimum Gasteiger partial charge on any atom is -0.383 e. The molecule has 2 aromatic heterocycles. The molecule has 1 unspecified atom stereocenters. The average molecular weight is 316 g/mol. The van der Waals surface area contributed by atoms with Crippen molar-refractivity contribution in [3.8, 4) is 0 Å². The standard InChI is InChI=1S/C16H17FN4O2/c1-16(23,10-7-19-21(2)8-10)9-18-15(22)14-6-11-12(17)4-3-5-13(11)20-14/h3-8,20,23H,9H2,1-2H3,(H,18,22). The molecule has 1 aromatic carbocycles. The SMILES string of the molecule is Cn1cc(C(C)(O)CNC(=O)c2cc3c(F)cccc3[nH]2)cn1. The molecule has 0 saturated carbocycles. The summed E-state index contributed by atoms with van der Waals surface area (Å²) in [6.07, 6.45) is 3.23. The number of aromatic amines is 1. The zero-order valence-corrected chi connectivity index (χ0v) is 12.8. The summed E-state index contributed by atoms with van der Waals surface area (Å²) in [5.41, 5.74) is 0.144. The molecule has 1 atom stereocenters. The van der Waals surface area contributed by atoms with E-state index in [2.05, 4.69) is 15.4 Å². The van der Waals surface area contributed by atoms with Crippen LogP contribution in [0.15, 0.2) is 36.7 Å². The first kappa shape index (κ1) is 15.2. The molecule has 3 aromatic rings. The van der Waals surface area contributed by atoms with Crippen LogP contribution in [0, 0.1) is 5.82 Å². The summed E-state index contributed by atoms with van der Waals surface area (Å²) in [6.45, 7) is 1.60. The van der Waals surface area contributed by atoms with E-state index in [4.69, 9.17) is 0 Å². The molecule has 0 radical (unpaired) electrons. The molecule has 0 aliphatic carbocycles. The van der Waals surface area contributed by atoms with Gasteiger partial charge < -0.3 is 15.4 Å². The Hall–Kier alpha value is -2.67.